The third-order valence-corrected chi connectivity index (χ3v) is 4.35. The molecule has 0 aromatic carbocycles. The Morgan fingerprint density at radius 2 is 2.10 bits per heavy atom. The number of piperidine rings is 1. The fourth-order valence-electron chi connectivity index (χ4n) is 2.87. The second-order valence-corrected chi connectivity index (χ2v) is 6.10. The molecule has 0 radical (unpaired) electrons. The molecule has 2 fully saturated rings. The zero-order valence-corrected chi connectivity index (χ0v) is 12.7. The maximum atomic E-state index is 12.2. The molecular formula is C14H28N4O2. The van der Waals surface area contributed by atoms with E-state index in [9.17, 15) is 4.79 Å². The number of amides is 1. The molecule has 20 heavy (non-hydrogen) atoms. The van der Waals surface area contributed by atoms with Crippen molar-refractivity contribution in [3.63, 3.8) is 0 Å². The number of rotatable bonds is 4. The van der Waals surface area contributed by atoms with Crippen molar-refractivity contribution in [3.8, 4) is 0 Å². The zero-order chi connectivity index (χ0) is 14.6. The van der Waals surface area contributed by atoms with E-state index in [1.54, 1.807) is 0 Å². The molecule has 0 saturated carbocycles. The number of carbonyl (C=O) groups excluding carboxylic acids is 1. The maximum Gasteiger partial charge on any atom is 0.224 e. The summed E-state index contributed by atoms with van der Waals surface area (Å²) in [5, 5.41) is 3.01. The summed E-state index contributed by atoms with van der Waals surface area (Å²) in [6, 6.07) is 0. The molecule has 0 aromatic rings. The minimum Gasteiger partial charge on any atom is -0.375 e. The Morgan fingerprint density at radius 3 is 2.75 bits per heavy atom. The average molecular weight is 284 g/mol. The Bertz CT molecular complexity index is 329. The molecule has 3 N–H and O–H groups in total. The zero-order valence-electron chi connectivity index (χ0n) is 12.7. The van der Waals surface area contributed by atoms with Crippen molar-refractivity contribution in [2.45, 2.75) is 38.0 Å². The number of carbonyl (C=O) groups is 1. The minimum atomic E-state index is -0.539. The molecule has 2 aliphatic rings. The SMILES string of the molecule is CCN1CCOC(CC(=O)NC2(N)CCN(C)CC2)C1. The summed E-state index contributed by atoms with van der Waals surface area (Å²) >= 11 is 0. The highest BCUT2D eigenvalue weighted by molar-refractivity contribution is 5.77. The molecular weight excluding hydrogens is 256 g/mol. The van der Waals surface area contributed by atoms with E-state index in [2.05, 4.69) is 29.1 Å². The lowest BCUT2D eigenvalue weighted by Gasteiger charge is -2.39. The first kappa shape index (κ1) is 15.7. The standard InChI is InChI=1S/C14H28N4O2/c1-3-18-8-9-20-12(11-18)10-13(19)16-14(15)4-6-17(2)7-5-14/h12H,3-11,15H2,1-2H3,(H,16,19). The number of nitrogens with two attached hydrogens (primary N) is 1. The Morgan fingerprint density at radius 1 is 1.40 bits per heavy atom. The molecule has 0 spiro atoms. The number of hydrogen-bond donors (Lipinski definition) is 2. The highest BCUT2D eigenvalue weighted by Crippen LogP contribution is 2.16. The van der Waals surface area contributed by atoms with Gasteiger partial charge in [-0.05, 0) is 26.4 Å². The fraction of sp³-hybridized carbons (Fsp3) is 0.929. The van der Waals surface area contributed by atoms with Crippen LogP contribution in [-0.4, -0.2) is 73.9 Å². The van der Waals surface area contributed by atoms with Crippen molar-refractivity contribution in [1.29, 1.82) is 0 Å². The summed E-state index contributed by atoms with van der Waals surface area (Å²) in [6.07, 6.45) is 2.02. The van der Waals surface area contributed by atoms with Gasteiger partial charge < -0.3 is 20.7 Å². The molecule has 2 saturated heterocycles. The molecule has 6 heteroatoms. The van der Waals surface area contributed by atoms with Crippen LogP contribution < -0.4 is 11.1 Å². The van der Waals surface area contributed by atoms with Crippen LogP contribution in [-0.2, 0) is 9.53 Å². The topological polar surface area (TPSA) is 70.8 Å². The number of nitrogens with one attached hydrogen (secondary N) is 1. The van der Waals surface area contributed by atoms with E-state index >= 15 is 0 Å². The van der Waals surface area contributed by atoms with Gasteiger partial charge in [-0.2, -0.15) is 0 Å². The summed E-state index contributed by atoms with van der Waals surface area (Å²) in [6.45, 7) is 7.52. The van der Waals surface area contributed by atoms with E-state index in [-0.39, 0.29) is 12.0 Å². The van der Waals surface area contributed by atoms with Gasteiger partial charge in [0.15, 0.2) is 0 Å². The number of likely N-dealkylation sites (tertiary alicyclic amines) is 1. The number of likely N-dealkylation sites (N-methyl/N-ethyl adjacent to an activating group) is 1. The van der Waals surface area contributed by atoms with E-state index in [4.69, 9.17) is 10.5 Å². The van der Waals surface area contributed by atoms with E-state index in [1.807, 2.05) is 0 Å². The van der Waals surface area contributed by atoms with Crippen LogP contribution in [0.3, 0.4) is 0 Å². The van der Waals surface area contributed by atoms with Crippen molar-refractivity contribution < 1.29 is 9.53 Å². The first-order valence-corrected chi connectivity index (χ1v) is 7.63. The van der Waals surface area contributed by atoms with Crippen LogP contribution in [0.25, 0.3) is 0 Å². The Hall–Kier alpha value is -0.690. The lowest BCUT2D eigenvalue weighted by molar-refractivity contribution is -0.128. The van der Waals surface area contributed by atoms with Crippen molar-refractivity contribution in [1.82, 2.24) is 15.1 Å². The molecule has 1 amide bonds. The minimum absolute atomic E-state index is 0.00133. The molecule has 116 valence electrons. The largest absolute Gasteiger partial charge is 0.375 e. The summed E-state index contributed by atoms with van der Waals surface area (Å²) in [7, 11) is 2.08. The third kappa shape index (κ3) is 4.41. The van der Waals surface area contributed by atoms with Crippen LogP contribution in [0.4, 0.5) is 0 Å². The smallest absolute Gasteiger partial charge is 0.224 e. The van der Waals surface area contributed by atoms with E-state index in [0.717, 1.165) is 45.6 Å². The predicted octanol–water partition coefficient (Wildman–Crippen LogP) is -0.406. The highest BCUT2D eigenvalue weighted by atomic mass is 16.5. The predicted molar refractivity (Wildman–Crippen MR) is 78.3 cm³/mol. The Kier molecular flexibility index (Phi) is 5.37. The molecule has 2 heterocycles. The van der Waals surface area contributed by atoms with Gasteiger partial charge in [-0.15, -0.1) is 0 Å². The molecule has 1 unspecified atom stereocenters. The molecule has 0 aromatic heterocycles. The first-order chi connectivity index (χ1) is 9.50. The van der Waals surface area contributed by atoms with Crippen LogP contribution in [0.5, 0.6) is 0 Å². The van der Waals surface area contributed by atoms with Gasteiger partial charge in [0.1, 0.15) is 0 Å². The van der Waals surface area contributed by atoms with Gasteiger partial charge in [0, 0.05) is 26.2 Å². The van der Waals surface area contributed by atoms with Crippen molar-refractivity contribution in [2.75, 3.05) is 46.4 Å². The second-order valence-electron chi connectivity index (χ2n) is 6.10. The van der Waals surface area contributed by atoms with Crippen LogP contribution in [0.2, 0.25) is 0 Å². The van der Waals surface area contributed by atoms with Crippen LogP contribution in [0, 0.1) is 0 Å². The summed E-state index contributed by atoms with van der Waals surface area (Å²) in [4.78, 5) is 16.7. The number of morpholine rings is 1. The Balaban J connectivity index is 1.77. The van der Waals surface area contributed by atoms with Gasteiger partial charge in [-0.25, -0.2) is 0 Å². The summed E-state index contributed by atoms with van der Waals surface area (Å²) in [5.74, 6) is 0.0139. The van der Waals surface area contributed by atoms with E-state index < -0.39 is 5.66 Å². The second kappa shape index (κ2) is 6.85. The van der Waals surface area contributed by atoms with Crippen molar-refractivity contribution >= 4 is 5.91 Å². The lowest BCUT2D eigenvalue weighted by Crippen LogP contribution is -2.61. The summed E-state index contributed by atoms with van der Waals surface area (Å²) < 4.78 is 5.67. The molecule has 2 aliphatic heterocycles. The van der Waals surface area contributed by atoms with Gasteiger partial charge in [0.05, 0.1) is 24.8 Å². The number of hydrogen-bond acceptors (Lipinski definition) is 5. The van der Waals surface area contributed by atoms with Gasteiger partial charge >= 0.3 is 0 Å². The maximum absolute atomic E-state index is 12.2. The first-order valence-electron chi connectivity index (χ1n) is 7.63. The Labute approximate surface area is 121 Å². The monoisotopic (exact) mass is 284 g/mol. The quantitative estimate of drug-likeness (QED) is 0.687. The highest BCUT2D eigenvalue weighted by Gasteiger charge is 2.32. The fourth-order valence-corrected chi connectivity index (χ4v) is 2.87. The normalized spacial score (nSPS) is 28.2. The van der Waals surface area contributed by atoms with Crippen LogP contribution in [0.1, 0.15) is 26.2 Å². The van der Waals surface area contributed by atoms with E-state index in [0.29, 0.717) is 13.0 Å². The number of nitrogens with zero attached hydrogens (tertiary/aromatic N) is 2. The molecule has 2 rings (SSSR count). The van der Waals surface area contributed by atoms with Crippen LogP contribution in [0.15, 0.2) is 0 Å². The molecule has 1 atom stereocenters. The van der Waals surface area contributed by atoms with Crippen molar-refractivity contribution in [3.05, 3.63) is 0 Å². The summed E-state index contributed by atoms with van der Waals surface area (Å²) in [5.41, 5.74) is 5.73. The van der Waals surface area contributed by atoms with Gasteiger partial charge in [0.2, 0.25) is 5.91 Å². The van der Waals surface area contributed by atoms with Gasteiger partial charge in [0.25, 0.3) is 0 Å². The lowest BCUT2D eigenvalue weighted by atomic mass is 9.97. The van der Waals surface area contributed by atoms with Crippen LogP contribution >= 0.6 is 0 Å². The van der Waals surface area contributed by atoms with Crippen molar-refractivity contribution in [2.24, 2.45) is 5.73 Å². The molecule has 6 nitrogen and oxygen atoms in total. The van der Waals surface area contributed by atoms with Gasteiger partial charge in [-0.1, -0.05) is 6.92 Å². The van der Waals surface area contributed by atoms with Gasteiger partial charge in [-0.3, -0.25) is 9.69 Å². The molecule has 0 aliphatic carbocycles. The average Bonchev–Trinajstić information content (AvgIpc) is 2.42. The number of ether oxygens (including phenoxy) is 1. The van der Waals surface area contributed by atoms with E-state index in [1.165, 1.54) is 0 Å². The third-order valence-electron chi connectivity index (χ3n) is 4.35. The molecule has 0 bridgehead atoms.